The van der Waals surface area contributed by atoms with E-state index < -0.39 is 15.9 Å². The molecular weight excluding hydrogens is 396 g/mol. The van der Waals surface area contributed by atoms with Crippen molar-refractivity contribution in [2.24, 2.45) is 0 Å². The topological polar surface area (TPSA) is 101 Å². The summed E-state index contributed by atoms with van der Waals surface area (Å²) < 4.78 is 27.2. The molecule has 1 aromatic heterocycles. The summed E-state index contributed by atoms with van der Waals surface area (Å²) in [6, 6.07) is 11.9. The molecular formula is C16H13ClN4O3S2. The summed E-state index contributed by atoms with van der Waals surface area (Å²) in [7, 11) is -3.77. The van der Waals surface area contributed by atoms with E-state index in [2.05, 4.69) is 20.2 Å². The van der Waals surface area contributed by atoms with E-state index in [9.17, 15) is 13.2 Å². The van der Waals surface area contributed by atoms with E-state index in [0.29, 0.717) is 21.4 Å². The minimum Gasteiger partial charge on any atom is -0.296 e. The van der Waals surface area contributed by atoms with Gasteiger partial charge in [-0.1, -0.05) is 22.9 Å². The highest BCUT2D eigenvalue weighted by Gasteiger charge is 2.16. The van der Waals surface area contributed by atoms with E-state index in [1.807, 2.05) is 0 Å². The molecule has 0 radical (unpaired) electrons. The van der Waals surface area contributed by atoms with Gasteiger partial charge in [-0.05, 0) is 55.5 Å². The summed E-state index contributed by atoms with van der Waals surface area (Å²) in [4.78, 5) is 12.2. The quantitative estimate of drug-likeness (QED) is 0.672. The van der Waals surface area contributed by atoms with E-state index in [1.165, 1.54) is 35.6 Å². The van der Waals surface area contributed by atoms with Crippen LogP contribution in [0.15, 0.2) is 53.4 Å². The lowest BCUT2D eigenvalue weighted by Crippen LogP contribution is -2.14. The maximum atomic E-state index is 12.4. The van der Waals surface area contributed by atoms with Gasteiger partial charge in [0.25, 0.3) is 15.9 Å². The molecule has 0 aliphatic heterocycles. The van der Waals surface area contributed by atoms with Gasteiger partial charge in [0, 0.05) is 16.3 Å². The highest BCUT2D eigenvalue weighted by Crippen LogP contribution is 2.20. The maximum Gasteiger partial charge on any atom is 0.261 e. The molecule has 0 unspecified atom stereocenters. The molecule has 0 aliphatic carbocycles. The zero-order valence-electron chi connectivity index (χ0n) is 13.4. The molecule has 3 aromatic rings. The Morgan fingerprint density at radius 2 is 1.69 bits per heavy atom. The van der Waals surface area contributed by atoms with Crippen LogP contribution in [-0.4, -0.2) is 24.5 Å². The summed E-state index contributed by atoms with van der Waals surface area (Å²) in [5.74, 6) is -0.393. The molecule has 0 saturated heterocycles. The first-order chi connectivity index (χ1) is 12.3. The molecule has 1 amide bonds. The van der Waals surface area contributed by atoms with E-state index >= 15 is 0 Å². The van der Waals surface area contributed by atoms with Crippen molar-refractivity contribution in [2.45, 2.75) is 11.8 Å². The fourth-order valence-corrected chi connectivity index (χ4v) is 3.81. The number of aromatic nitrogens is 2. The molecule has 26 heavy (non-hydrogen) atoms. The van der Waals surface area contributed by atoms with Gasteiger partial charge in [-0.15, -0.1) is 10.2 Å². The van der Waals surface area contributed by atoms with E-state index in [4.69, 9.17) is 11.6 Å². The van der Waals surface area contributed by atoms with Crippen molar-refractivity contribution in [1.82, 2.24) is 10.2 Å². The highest BCUT2D eigenvalue weighted by molar-refractivity contribution is 7.92. The molecule has 0 fully saturated rings. The Kier molecular flexibility index (Phi) is 5.21. The van der Waals surface area contributed by atoms with Crippen molar-refractivity contribution >= 4 is 49.7 Å². The lowest BCUT2D eigenvalue weighted by Gasteiger charge is -2.09. The number of nitrogens with one attached hydrogen (secondary N) is 2. The first-order valence-corrected chi connectivity index (χ1v) is 10.0. The van der Waals surface area contributed by atoms with E-state index in [0.717, 1.165) is 5.01 Å². The molecule has 134 valence electrons. The first kappa shape index (κ1) is 18.3. The van der Waals surface area contributed by atoms with Crippen LogP contribution in [0.5, 0.6) is 0 Å². The second-order valence-corrected chi connectivity index (χ2v) is 8.52. The molecule has 3 rings (SSSR count). The molecule has 7 nitrogen and oxygen atoms in total. The summed E-state index contributed by atoms with van der Waals surface area (Å²) in [6.07, 6.45) is 0. The van der Waals surface area contributed by atoms with Gasteiger partial charge < -0.3 is 0 Å². The number of aryl methyl sites for hydroxylation is 1. The van der Waals surface area contributed by atoms with Crippen LogP contribution in [0, 0.1) is 6.92 Å². The molecule has 0 aliphatic rings. The van der Waals surface area contributed by atoms with Gasteiger partial charge in [-0.3, -0.25) is 14.8 Å². The largest absolute Gasteiger partial charge is 0.296 e. The van der Waals surface area contributed by atoms with Gasteiger partial charge in [-0.25, -0.2) is 8.42 Å². The molecule has 0 saturated carbocycles. The third-order valence-corrected chi connectivity index (χ3v) is 5.67. The van der Waals surface area contributed by atoms with Crippen molar-refractivity contribution in [2.75, 3.05) is 10.0 Å². The summed E-state index contributed by atoms with van der Waals surface area (Å²) in [6.45, 7) is 1.78. The normalized spacial score (nSPS) is 11.2. The van der Waals surface area contributed by atoms with E-state index in [1.54, 1.807) is 31.2 Å². The second-order valence-electron chi connectivity index (χ2n) is 5.22. The smallest absolute Gasteiger partial charge is 0.261 e. The molecule has 0 bridgehead atoms. The standard InChI is InChI=1S/C16H13ClN4O3S2/c1-10-19-20-16(25-10)18-15(22)11-2-8-14(9-3-11)26(23,24)21-13-6-4-12(17)5-7-13/h2-9,21H,1H3,(H,18,20,22). The first-order valence-electron chi connectivity index (χ1n) is 7.33. The number of sulfonamides is 1. The predicted molar refractivity (Wildman–Crippen MR) is 101 cm³/mol. The fraction of sp³-hybridized carbons (Fsp3) is 0.0625. The number of halogens is 1. The van der Waals surface area contributed by atoms with Crippen LogP contribution in [0.2, 0.25) is 5.02 Å². The van der Waals surface area contributed by atoms with Crippen molar-refractivity contribution in [3.05, 3.63) is 64.1 Å². The fourth-order valence-electron chi connectivity index (χ4n) is 2.03. The SMILES string of the molecule is Cc1nnc(NC(=O)c2ccc(S(=O)(=O)Nc3ccc(Cl)cc3)cc2)s1. The number of carbonyl (C=O) groups excluding carboxylic acids is 1. The Hall–Kier alpha value is -2.49. The average Bonchev–Trinajstić information content (AvgIpc) is 3.02. The summed E-state index contributed by atoms with van der Waals surface area (Å²) in [5, 5.41) is 11.9. The Labute approximate surface area is 159 Å². The predicted octanol–water partition coefficient (Wildman–Crippen LogP) is 3.55. The van der Waals surface area contributed by atoms with Gasteiger partial charge >= 0.3 is 0 Å². The monoisotopic (exact) mass is 408 g/mol. The molecule has 10 heteroatoms. The third kappa shape index (κ3) is 4.37. The zero-order chi connectivity index (χ0) is 18.7. The number of benzene rings is 2. The molecule has 2 N–H and O–H groups in total. The van der Waals surface area contributed by atoms with Gasteiger partial charge in [0.05, 0.1) is 4.90 Å². The van der Waals surface area contributed by atoms with Crippen molar-refractivity contribution in [3.8, 4) is 0 Å². The Bertz CT molecular complexity index is 1030. The van der Waals surface area contributed by atoms with Crippen LogP contribution in [0.3, 0.4) is 0 Å². The number of amides is 1. The number of rotatable bonds is 5. The van der Waals surface area contributed by atoms with Crippen LogP contribution < -0.4 is 10.0 Å². The van der Waals surface area contributed by atoms with Crippen molar-refractivity contribution in [3.63, 3.8) is 0 Å². The summed E-state index contributed by atoms with van der Waals surface area (Å²) in [5.41, 5.74) is 0.700. The summed E-state index contributed by atoms with van der Waals surface area (Å²) >= 11 is 7.03. The molecule has 0 atom stereocenters. The minimum atomic E-state index is -3.77. The lowest BCUT2D eigenvalue weighted by atomic mass is 10.2. The number of nitrogens with zero attached hydrogens (tertiary/aromatic N) is 2. The molecule has 2 aromatic carbocycles. The van der Waals surface area contributed by atoms with Gasteiger partial charge in [0.15, 0.2) is 0 Å². The lowest BCUT2D eigenvalue weighted by molar-refractivity contribution is 0.102. The van der Waals surface area contributed by atoms with Crippen LogP contribution in [0.1, 0.15) is 15.4 Å². The van der Waals surface area contributed by atoms with Gasteiger partial charge in [0.1, 0.15) is 5.01 Å². The molecule has 0 spiro atoms. The van der Waals surface area contributed by atoms with E-state index in [-0.39, 0.29) is 4.90 Å². The van der Waals surface area contributed by atoms with Crippen LogP contribution >= 0.6 is 22.9 Å². The second kappa shape index (κ2) is 7.40. The number of carbonyl (C=O) groups is 1. The highest BCUT2D eigenvalue weighted by atomic mass is 35.5. The number of anilines is 2. The zero-order valence-corrected chi connectivity index (χ0v) is 15.8. The average molecular weight is 409 g/mol. The van der Waals surface area contributed by atoms with Crippen molar-refractivity contribution in [1.29, 1.82) is 0 Å². The van der Waals surface area contributed by atoms with Gasteiger partial charge in [0.2, 0.25) is 5.13 Å². The number of hydrogen-bond donors (Lipinski definition) is 2. The van der Waals surface area contributed by atoms with Crippen molar-refractivity contribution < 1.29 is 13.2 Å². The number of hydrogen-bond acceptors (Lipinski definition) is 6. The van der Waals surface area contributed by atoms with Gasteiger partial charge in [-0.2, -0.15) is 0 Å². The Morgan fingerprint density at radius 1 is 1.04 bits per heavy atom. The minimum absolute atomic E-state index is 0.0377. The van der Waals surface area contributed by atoms with Crippen LogP contribution in [0.4, 0.5) is 10.8 Å². The Morgan fingerprint density at radius 3 is 2.27 bits per heavy atom. The van der Waals surface area contributed by atoms with Crippen LogP contribution in [0.25, 0.3) is 0 Å². The third-order valence-electron chi connectivity index (χ3n) is 3.27. The molecule has 1 heterocycles. The Balaban J connectivity index is 1.73. The maximum absolute atomic E-state index is 12.4. The van der Waals surface area contributed by atoms with Crippen LogP contribution in [-0.2, 0) is 10.0 Å².